The average Bonchev–Trinajstić information content (AvgIpc) is 2.69. The van der Waals surface area contributed by atoms with Crippen LogP contribution in [0.5, 0.6) is 0 Å². The first kappa shape index (κ1) is 17.5. The summed E-state index contributed by atoms with van der Waals surface area (Å²) in [7, 11) is -3.46. The fourth-order valence-corrected chi connectivity index (χ4v) is 4.62. The summed E-state index contributed by atoms with van der Waals surface area (Å²) in [5, 5.41) is 4.58. The van der Waals surface area contributed by atoms with Gasteiger partial charge in [0, 0.05) is 30.7 Å². The Labute approximate surface area is 134 Å². The molecule has 5 nitrogen and oxygen atoms in total. The van der Waals surface area contributed by atoms with Gasteiger partial charge in [0.1, 0.15) is 4.90 Å². The van der Waals surface area contributed by atoms with Crippen molar-refractivity contribution in [2.24, 2.45) is 0 Å². The first-order valence-electron chi connectivity index (χ1n) is 8.24. The molecule has 0 bridgehead atoms. The van der Waals surface area contributed by atoms with E-state index < -0.39 is 10.0 Å². The highest BCUT2D eigenvalue weighted by Gasteiger charge is 2.34. The Morgan fingerprint density at radius 3 is 2.09 bits per heavy atom. The number of nitrogens with zero attached hydrogens (tertiary/aromatic N) is 3. The molecule has 2 rings (SSSR count). The minimum Gasteiger partial charge on any atom is -0.269 e. The molecule has 1 aliphatic rings. The summed E-state index contributed by atoms with van der Waals surface area (Å²) < 4.78 is 29.7. The smallest absolute Gasteiger partial charge is 0.246 e. The molecule has 0 radical (unpaired) electrons. The first-order valence-corrected chi connectivity index (χ1v) is 9.68. The van der Waals surface area contributed by atoms with Gasteiger partial charge in [-0.2, -0.15) is 9.40 Å². The molecule has 126 valence electrons. The van der Waals surface area contributed by atoms with E-state index in [0.29, 0.717) is 23.7 Å². The van der Waals surface area contributed by atoms with Crippen molar-refractivity contribution < 1.29 is 8.42 Å². The molecule has 2 heterocycles. The largest absolute Gasteiger partial charge is 0.269 e. The van der Waals surface area contributed by atoms with E-state index in [-0.39, 0.29) is 11.5 Å². The van der Waals surface area contributed by atoms with E-state index >= 15 is 0 Å². The van der Waals surface area contributed by atoms with Gasteiger partial charge in [-0.3, -0.25) is 4.68 Å². The lowest BCUT2D eigenvalue weighted by Gasteiger charge is -2.22. The molecule has 22 heavy (non-hydrogen) atoms. The molecule has 0 aliphatic carbocycles. The predicted molar refractivity (Wildman–Crippen MR) is 88.5 cm³/mol. The lowest BCUT2D eigenvalue weighted by atomic mass is 9.92. The van der Waals surface area contributed by atoms with Crippen LogP contribution in [0.25, 0.3) is 0 Å². The van der Waals surface area contributed by atoms with E-state index in [1.807, 2.05) is 34.6 Å². The standard InChI is InChI=1S/C16H29N3O2S/c1-13(2)19-12-14(15(17-19)16(3,4)5)22(20,21)18-10-8-6-7-9-11-18/h12-13H,6-11H2,1-5H3. The van der Waals surface area contributed by atoms with Gasteiger partial charge < -0.3 is 0 Å². The number of aromatic nitrogens is 2. The lowest BCUT2D eigenvalue weighted by molar-refractivity contribution is 0.421. The topological polar surface area (TPSA) is 55.2 Å². The Morgan fingerprint density at radius 1 is 1.09 bits per heavy atom. The van der Waals surface area contributed by atoms with E-state index in [1.54, 1.807) is 15.2 Å². The third-order valence-corrected chi connectivity index (χ3v) is 6.02. The van der Waals surface area contributed by atoms with Gasteiger partial charge in [-0.05, 0) is 26.7 Å². The maximum Gasteiger partial charge on any atom is 0.246 e. The van der Waals surface area contributed by atoms with Gasteiger partial charge in [0.25, 0.3) is 0 Å². The van der Waals surface area contributed by atoms with E-state index in [9.17, 15) is 8.42 Å². The van der Waals surface area contributed by atoms with Crippen LogP contribution >= 0.6 is 0 Å². The second kappa shape index (κ2) is 6.32. The van der Waals surface area contributed by atoms with Crippen molar-refractivity contribution in [2.75, 3.05) is 13.1 Å². The van der Waals surface area contributed by atoms with Gasteiger partial charge in [-0.1, -0.05) is 33.6 Å². The number of sulfonamides is 1. The van der Waals surface area contributed by atoms with E-state index in [0.717, 1.165) is 25.7 Å². The van der Waals surface area contributed by atoms with Crippen molar-refractivity contribution in [3.8, 4) is 0 Å². The first-order chi connectivity index (χ1) is 10.1. The number of hydrogen-bond acceptors (Lipinski definition) is 3. The van der Waals surface area contributed by atoms with Crippen molar-refractivity contribution in [1.82, 2.24) is 14.1 Å². The monoisotopic (exact) mass is 327 g/mol. The zero-order valence-electron chi connectivity index (χ0n) is 14.5. The van der Waals surface area contributed by atoms with E-state index in [4.69, 9.17) is 0 Å². The average molecular weight is 327 g/mol. The Bertz CT molecular complexity index is 604. The van der Waals surface area contributed by atoms with Crippen molar-refractivity contribution in [3.05, 3.63) is 11.9 Å². The fraction of sp³-hybridized carbons (Fsp3) is 0.812. The predicted octanol–water partition coefficient (Wildman–Crippen LogP) is 3.33. The number of rotatable bonds is 3. The summed E-state index contributed by atoms with van der Waals surface area (Å²) in [5.41, 5.74) is 0.374. The zero-order valence-corrected chi connectivity index (χ0v) is 15.3. The SMILES string of the molecule is CC(C)n1cc(S(=O)(=O)N2CCCCCC2)c(C(C)(C)C)n1. The second-order valence-electron chi connectivity index (χ2n) is 7.48. The molecular formula is C16H29N3O2S. The molecular weight excluding hydrogens is 298 g/mol. The normalized spacial score (nSPS) is 18.6. The summed E-state index contributed by atoms with van der Waals surface area (Å²) in [4.78, 5) is 0.385. The van der Waals surface area contributed by atoms with Crippen LogP contribution in [0.15, 0.2) is 11.1 Å². The highest BCUT2D eigenvalue weighted by molar-refractivity contribution is 7.89. The third-order valence-electron chi connectivity index (χ3n) is 4.12. The Morgan fingerprint density at radius 2 is 1.64 bits per heavy atom. The van der Waals surface area contributed by atoms with Gasteiger partial charge in [-0.15, -0.1) is 0 Å². The van der Waals surface area contributed by atoms with Crippen LogP contribution in [-0.2, 0) is 15.4 Å². The number of hydrogen-bond donors (Lipinski definition) is 0. The summed E-state index contributed by atoms with van der Waals surface area (Å²) >= 11 is 0. The lowest BCUT2D eigenvalue weighted by Crippen LogP contribution is -2.33. The van der Waals surface area contributed by atoms with Crippen LogP contribution < -0.4 is 0 Å². The van der Waals surface area contributed by atoms with Crippen molar-refractivity contribution in [2.45, 2.75) is 76.7 Å². The van der Waals surface area contributed by atoms with Crippen LogP contribution in [0.3, 0.4) is 0 Å². The molecule has 1 aliphatic heterocycles. The minimum atomic E-state index is -3.46. The van der Waals surface area contributed by atoms with E-state index in [1.165, 1.54) is 0 Å². The minimum absolute atomic E-state index is 0.147. The second-order valence-corrected chi connectivity index (χ2v) is 9.39. The summed E-state index contributed by atoms with van der Waals surface area (Å²) in [6.45, 7) is 11.3. The molecule has 6 heteroatoms. The Hall–Kier alpha value is -0.880. The van der Waals surface area contributed by atoms with E-state index in [2.05, 4.69) is 5.10 Å². The highest BCUT2D eigenvalue weighted by Crippen LogP contribution is 2.31. The van der Waals surface area contributed by atoms with Crippen molar-refractivity contribution >= 4 is 10.0 Å². The molecule has 0 amide bonds. The van der Waals surface area contributed by atoms with Gasteiger partial charge in [0.05, 0.1) is 5.69 Å². The third kappa shape index (κ3) is 3.54. The molecule has 1 aromatic heterocycles. The zero-order chi connectivity index (χ0) is 16.5. The Balaban J connectivity index is 2.49. The van der Waals surface area contributed by atoms with Crippen LogP contribution in [-0.4, -0.2) is 35.6 Å². The van der Waals surface area contributed by atoms with Crippen LogP contribution in [0.2, 0.25) is 0 Å². The molecule has 1 aromatic rings. The summed E-state index contributed by atoms with van der Waals surface area (Å²) in [6.07, 6.45) is 5.84. The van der Waals surface area contributed by atoms with Crippen LogP contribution in [0.1, 0.15) is 72.0 Å². The molecule has 0 spiro atoms. The molecule has 1 saturated heterocycles. The molecule has 0 saturated carbocycles. The molecule has 0 N–H and O–H groups in total. The molecule has 0 atom stereocenters. The van der Waals surface area contributed by atoms with Gasteiger partial charge in [0.15, 0.2) is 0 Å². The van der Waals surface area contributed by atoms with Crippen molar-refractivity contribution in [1.29, 1.82) is 0 Å². The fourth-order valence-electron chi connectivity index (χ4n) is 2.77. The van der Waals surface area contributed by atoms with Crippen LogP contribution in [0, 0.1) is 0 Å². The van der Waals surface area contributed by atoms with Gasteiger partial charge in [-0.25, -0.2) is 8.42 Å². The molecule has 1 fully saturated rings. The van der Waals surface area contributed by atoms with Gasteiger partial charge >= 0.3 is 0 Å². The van der Waals surface area contributed by atoms with Crippen LogP contribution in [0.4, 0.5) is 0 Å². The maximum atomic E-state index is 13.1. The highest BCUT2D eigenvalue weighted by atomic mass is 32.2. The quantitative estimate of drug-likeness (QED) is 0.855. The Kier molecular flexibility index (Phi) is 5.02. The summed E-state index contributed by atoms with van der Waals surface area (Å²) in [6, 6.07) is 0.147. The maximum absolute atomic E-state index is 13.1. The molecule has 0 aromatic carbocycles. The van der Waals surface area contributed by atoms with Gasteiger partial charge in [0.2, 0.25) is 10.0 Å². The molecule has 0 unspecified atom stereocenters. The van der Waals surface area contributed by atoms with Crippen molar-refractivity contribution in [3.63, 3.8) is 0 Å². The summed E-state index contributed by atoms with van der Waals surface area (Å²) in [5.74, 6) is 0.